The number of aryl methyl sites for hydroxylation is 2. The van der Waals surface area contributed by atoms with Gasteiger partial charge in [0.2, 0.25) is 0 Å². The number of benzene rings is 10. The van der Waals surface area contributed by atoms with Crippen molar-refractivity contribution in [2.75, 3.05) is 26.4 Å². The van der Waals surface area contributed by atoms with Crippen molar-refractivity contribution < 1.29 is 77.6 Å². The molecule has 12 rings (SSSR count). The molecule has 2 heterocycles. The molecule has 4 nitrogen and oxygen atoms in total. The number of hydrogen-bond donors (Lipinski definition) is 0. The Morgan fingerprint density at radius 3 is 0.556 bits per heavy atom. The molecule has 2 fully saturated rings. The summed E-state index contributed by atoms with van der Waals surface area (Å²) in [5.74, 6) is 0.383. The van der Waals surface area contributed by atoms with Crippen LogP contribution in [0.3, 0.4) is 0 Å². The van der Waals surface area contributed by atoms with Crippen LogP contribution in [0.15, 0.2) is 267 Å². The molecule has 2 aliphatic rings. The predicted molar refractivity (Wildman–Crippen MR) is 371 cm³/mol. The molecule has 0 radical (unpaired) electrons. The van der Waals surface area contributed by atoms with E-state index in [0.717, 1.165) is 37.8 Å². The first-order chi connectivity index (χ1) is 41.8. The molecular formula is C80H88Br2Fe2N2O2Si2. The summed E-state index contributed by atoms with van der Waals surface area (Å²) < 4.78 is 9.89. The third-order valence-corrected chi connectivity index (χ3v) is 17.3. The van der Waals surface area contributed by atoms with E-state index in [1.165, 1.54) is 104 Å². The second-order valence-electron chi connectivity index (χ2n) is 24.8. The molecule has 0 amide bonds. The summed E-state index contributed by atoms with van der Waals surface area (Å²) in [7, 11) is -3.70. The van der Waals surface area contributed by atoms with Gasteiger partial charge in [0.25, 0.3) is 0 Å². The first-order valence-corrected chi connectivity index (χ1v) is 38.0. The SMILES string of the molecule is C1CCOC1.C1CCOC1.Cc1cc(C(c2ccccc2)c2ccccc2)c([N-][Si](C)(C)C)c(C(c2ccccc2)c2ccccc2)c1.Cc1cc(C(c2ccccc2)c2ccccc2)c([N-][Si](C)(C)C)c(C(c2ccccc2)c2ccccc2)c1.[Br-].[Br-].[Fe+2].[Fe+2]. The summed E-state index contributed by atoms with van der Waals surface area (Å²) in [5, 5.41) is 0. The molecule has 0 atom stereocenters. The minimum atomic E-state index is -1.85. The van der Waals surface area contributed by atoms with Crippen LogP contribution in [0.4, 0.5) is 11.4 Å². The second kappa shape index (κ2) is 37.6. The number of hydrogen-bond acceptors (Lipinski definition) is 2. The fourth-order valence-corrected chi connectivity index (χ4v) is 13.7. The largest absolute Gasteiger partial charge is 2.00 e. The first-order valence-electron chi connectivity index (χ1n) is 31.1. The molecule has 0 spiro atoms. The zero-order chi connectivity index (χ0) is 60.1. The van der Waals surface area contributed by atoms with Crippen molar-refractivity contribution in [3.05, 3.63) is 355 Å². The predicted octanol–water partition coefficient (Wildman–Crippen LogP) is 16.0. The molecule has 0 aromatic heterocycles. The van der Waals surface area contributed by atoms with Crippen molar-refractivity contribution >= 4 is 27.8 Å². The normalized spacial score (nSPS) is 12.5. The summed E-state index contributed by atoms with van der Waals surface area (Å²) in [5.41, 5.74) is 20.3. The quantitative estimate of drug-likeness (QED) is 0.0715. The van der Waals surface area contributed by atoms with E-state index in [4.69, 9.17) is 19.4 Å². The Hall–Kier alpha value is -5.85. The second-order valence-corrected chi connectivity index (χ2v) is 33.9. The monoisotopic (exact) mass is 1430 g/mol. The van der Waals surface area contributed by atoms with E-state index in [9.17, 15) is 0 Å². The Kier molecular flexibility index (Phi) is 31.3. The number of rotatable bonds is 16. The van der Waals surface area contributed by atoms with Gasteiger partial charge in [-0.2, -0.15) is 0 Å². The molecule has 10 aromatic carbocycles. The van der Waals surface area contributed by atoms with Gasteiger partial charge in [0, 0.05) is 50.1 Å². The minimum absolute atomic E-state index is 0. The van der Waals surface area contributed by atoms with E-state index in [2.05, 4.69) is 320 Å². The van der Waals surface area contributed by atoms with Crippen LogP contribution in [-0.2, 0) is 43.6 Å². The maximum absolute atomic E-state index is 5.62. The third-order valence-electron chi connectivity index (χ3n) is 15.5. The molecule has 10 aromatic rings. The number of halogens is 2. The Balaban J connectivity index is 0.000000272. The minimum Gasteiger partial charge on any atom is -1.00 e. The Labute approximate surface area is 584 Å². The molecule has 0 N–H and O–H groups in total. The Morgan fingerprint density at radius 2 is 0.433 bits per heavy atom. The molecule has 0 bridgehead atoms. The summed E-state index contributed by atoms with van der Waals surface area (Å²) in [6, 6.07) is 96.7. The van der Waals surface area contributed by atoms with Gasteiger partial charge in [0.15, 0.2) is 0 Å². The standard InChI is InChI=1S/2C36H36NSi.2C4H8O.2BrH.2Fe/c2*1-27-25-32(34(28-17-9-5-10-18-28)29-19-11-6-12-20-29)36(37-38(2,3)4)33(26-27)35(30-21-13-7-14-22-30)31-23-15-8-16-24-31;2*1-2-4-5-3-1;;;;/h2*5-26,34-35H,1-4H3;2*1-4H2;2*1H;;/q2*-1;;;;;2*+2/p-2. The van der Waals surface area contributed by atoms with Crippen molar-refractivity contribution in [3.63, 3.8) is 0 Å². The Bertz CT molecular complexity index is 2970. The van der Waals surface area contributed by atoms with Gasteiger partial charge < -0.3 is 53.4 Å². The molecule has 90 heavy (non-hydrogen) atoms. The van der Waals surface area contributed by atoms with Crippen LogP contribution in [-0.4, -0.2) is 42.9 Å². The third kappa shape index (κ3) is 21.6. The smallest absolute Gasteiger partial charge is 1.00 e. The topological polar surface area (TPSA) is 46.7 Å². The van der Waals surface area contributed by atoms with Crippen molar-refractivity contribution in [1.82, 2.24) is 0 Å². The van der Waals surface area contributed by atoms with Crippen molar-refractivity contribution in [2.24, 2.45) is 0 Å². The molecule has 2 aliphatic heterocycles. The van der Waals surface area contributed by atoms with Crippen LogP contribution in [0.2, 0.25) is 39.3 Å². The van der Waals surface area contributed by atoms with E-state index in [1.54, 1.807) is 0 Å². The molecule has 2 saturated heterocycles. The van der Waals surface area contributed by atoms with Crippen LogP contribution in [0.1, 0.15) is 127 Å². The van der Waals surface area contributed by atoms with Crippen molar-refractivity contribution in [2.45, 2.75) is 102 Å². The molecule has 468 valence electrons. The van der Waals surface area contributed by atoms with Crippen LogP contribution in [0, 0.1) is 13.8 Å². The average Bonchev–Trinajstić information content (AvgIpc) is 1.00. The van der Waals surface area contributed by atoms with Gasteiger partial charge in [-0.15, -0.1) is 11.4 Å². The van der Waals surface area contributed by atoms with Gasteiger partial charge in [-0.25, -0.2) is 0 Å². The van der Waals surface area contributed by atoms with Gasteiger partial charge >= 0.3 is 34.1 Å². The van der Waals surface area contributed by atoms with Gasteiger partial charge in [0.05, 0.1) is 0 Å². The summed E-state index contributed by atoms with van der Waals surface area (Å²) >= 11 is 0. The van der Waals surface area contributed by atoms with Gasteiger partial charge in [-0.1, -0.05) is 340 Å². The van der Waals surface area contributed by atoms with E-state index >= 15 is 0 Å². The fourth-order valence-electron chi connectivity index (χ4n) is 11.9. The van der Waals surface area contributed by atoms with Crippen molar-refractivity contribution in [3.8, 4) is 0 Å². The van der Waals surface area contributed by atoms with Gasteiger partial charge in [-0.3, -0.25) is 0 Å². The van der Waals surface area contributed by atoms with Crippen LogP contribution < -0.4 is 34.0 Å². The number of ether oxygens (including phenoxy) is 2. The van der Waals surface area contributed by atoms with E-state index in [-0.39, 0.29) is 91.8 Å². The summed E-state index contributed by atoms with van der Waals surface area (Å²) in [6.07, 6.45) is 5.11. The number of nitrogens with zero attached hydrogens (tertiary/aromatic N) is 2. The first kappa shape index (κ1) is 74.9. The van der Waals surface area contributed by atoms with Crippen LogP contribution >= 0.6 is 0 Å². The molecule has 0 saturated carbocycles. The zero-order valence-corrected chi connectivity index (χ0v) is 60.9. The molecule has 0 unspecified atom stereocenters. The van der Waals surface area contributed by atoms with E-state index < -0.39 is 16.5 Å². The average molecular weight is 1440 g/mol. The molecule has 0 aliphatic carbocycles. The van der Waals surface area contributed by atoms with Crippen molar-refractivity contribution in [1.29, 1.82) is 0 Å². The molecular weight excluding hydrogens is 1350 g/mol. The zero-order valence-electron chi connectivity index (χ0n) is 53.5. The van der Waals surface area contributed by atoms with Crippen LogP contribution in [0.5, 0.6) is 0 Å². The summed E-state index contributed by atoms with van der Waals surface area (Å²) in [4.78, 5) is 11.2. The maximum Gasteiger partial charge on any atom is 2.00 e. The van der Waals surface area contributed by atoms with E-state index in [0.29, 0.717) is 0 Å². The van der Waals surface area contributed by atoms with Gasteiger partial charge in [0.1, 0.15) is 0 Å². The molecule has 10 heteroatoms. The van der Waals surface area contributed by atoms with Gasteiger partial charge in [-0.05, 0) is 101 Å². The fraction of sp³-hybridized carbons (Fsp3) is 0.250. The van der Waals surface area contributed by atoms with Crippen LogP contribution in [0.25, 0.3) is 9.96 Å². The van der Waals surface area contributed by atoms with E-state index in [1.807, 2.05) is 0 Å². The maximum atomic E-state index is 5.62. The summed E-state index contributed by atoms with van der Waals surface area (Å²) in [6.45, 7) is 22.5. The Morgan fingerprint density at radius 1 is 0.278 bits per heavy atom.